The monoisotopic (exact) mass is 280 g/mol. The molecule has 2 rings (SSSR count). The predicted molar refractivity (Wildman–Crippen MR) is 81.0 cm³/mol. The molecule has 21 heavy (non-hydrogen) atoms. The van der Waals surface area contributed by atoms with Crippen LogP contribution >= 0.6 is 0 Å². The van der Waals surface area contributed by atoms with Crippen LogP contribution in [0.1, 0.15) is 18.1 Å². The van der Waals surface area contributed by atoms with Gasteiger partial charge in [0.25, 0.3) is 5.90 Å². The van der Waals surface area contributed by atoms with Gasteiger partial charge in [-0.15, -0.1) is 0 Å². The fourth-order valence-electron chi connectivity index (χ4n) is 1.81. The summed E-state index contributed by atoms with van der Waals surface area (Å²) < 4.78 is 5.81. The van der Waals surface area contributed by atoms with Gasteiger partial charge in [0.2, 0.25) is 0 Å². The SMILES string of the molecule is CCON=C(Oc1ccccc1)c1ccccc1CC#N. The molecule has 2 aromatic carbocycles. The third-order valence-corrected chi connectivity index (χ3v) is 2.75. The Morgan fingerprint density at radius 2 is 1.81 bits per heavy atom. The van der Waals surface area contributed by atoms with Crippen molar-refractivity contribution in [3.63, 3.8) is 0 Å². The van der Waals surface area contributed by atoms with Crippen LogP contribution in [0.4, 0.5) is 0 Å². The molecule has 0 saturated heterocycles. The third-order valence-electron chi connectivity index (χ3n) is 2.75. The number of hydrogen-bond donors (Lipinski definition) is 0. The fourth-order valence-corrected chi connectivity index (χ4v) is 1.81. The van der Waals surface area contributed by atoms with Gasteiger partial charge >= 0.3 is 0 Å². The molecule has 0 heterocycles. The van der Waals surface area contributed by atoms with Crippen molar-refractivity contribution in [2.24, 2.45) is 5.16 Å². The first-order valence-electron chi connectivity index (χ1n) is 6.73. The van der Waals surface area contributed by atoms with E-state index in [4.69, 9.17) is 14.8 Å². The van der Waals surface area contributed by atoms with Gasteiger partial charge in [-0.2, -0.15) is 5.26 Å². The second-order valence-electron chi connectivity index (χ2n) is 4.22. The Hall–Kier alpha value is -2.80. The molecule has 106 valence electrons. The van der Waals surface area contributed by atoms with Crippen LogP contribution in [0.3, 0.4) is 0 Å². The maximum atomic E-state index is 8.93. The average molecular weight is 280 g/mol. The van der Waals surface area contributed by atoms with E-state index in [1.165, 1.54) is 0 Å². The van der Waals surface area contributed by atoms with Crippen LogP contribution in [-0.4, -0.2) is 12.5 Å². The molecule has 0 radical (unpaired) electrons. The van der Waals surface area contributed by atoms with Crippen molar-refractivity contribution in [1.82, 2.24) is 0 Å². The normalized spacial score (nSPS) is 10.8. The van der Waals surface area contributed by atoms with Gasteiger partial charge in [-0.25, -0.2) is 0 Å². The van der Waals surface area contributed by atoms with Gasteiger partial charge in [0.05, 0.1) is 12.5 Å². The molecule has 0 aliphatic carbocycles. The summed E-state index contributed by atoms with van der Waals surface area (Å²) in [6.07, 6.45) is 0.291. The first-order chi connectivity index (χ1) is 10.3. The van der Waals surface area contributed by atoms with Crippen LogP contribution in [0.15, 0.2) is 59.8 Å². The molecular weight excluding hydrogens is 264 g/mol. The summed E-state index contributed by atoms with van der Waals surface area (Å²) in [4.78, 5) is 5.14. The van der Waals surface area contributed by atoms with E-state index in [0.29, 0.717) is 24.7 Å². The van der Waals surface area contributed by atoms with Crippen molar-refractivity contribution in [3.8, 4) is 11.8 Å². The molecule has 2 aromatic rings. The largest absolute Gasteiger partial charge is 0.436 e. The summed E-state index contributed by atoms with van der Waals surface area (Å²) in [5.41, 5.74) is 1.62. The highest BCUT2D eigenvalue weighted by Crippen LogP contribution is 2.16. The lowest BCUT2D eigenvalue weighted by atomic mass is 10.1. The van der Waals surface area contributed by atoms with E-state index in [1.54, 1.807) is 0 Å². The Morgan fingerprint density at radius 1 is 1.10 bits per heavy atom. The van der Waals surface area contributed by atoms with Crippen LogP contribution in [0.2, 0.25) is 0 Å². The van der Waals surface area contributed by atoms with E-state index < -0.39 is 0 Å². The van der Waals surface area contributed by atoms with E-state index in [9.17, 15) is 0 Å². The number of nitriles is 1. The molecule has 0 amide bonds. The molecule has 0 saturated carbocycles. The van der Waals surface area contributed by atoms with Crippen LogP contribution in [0, 0.1) is 11.3 Å². The number of hydrogen-bond acceptors (Lipinski definition) is 4. The lowest BCUT2D eigenvalue weighted by Gasteiger charge is -2.11. The maximum Gasteiger partial charge on any atom is 0.263 e. The average Bonchev–Trinajstić information content (AvgIpc) is 2.53. The molecule has 0 fully saturated rings. The Bertz CT molecular complexity index is 645. The quantitative estimate of drug-likeness (QED) is 0.478. The number of nitrogens with zero attached hydrogens (tertiary/aromatic N) is 2. The number of benzene rings is 2. The minimum absolute atomic E-state index is 0.291. The molecule has 0 aliphatic heterocycles. The third kappa shape index (κ3) is 4.08. The van der Waals surface area contributed by atoms with Gasteiger partial charge < -0.3 is 9.57 Å². The van der Waals surface area contributed by atoms with Gasteiger partial charge in [0.1, 0.15) is 12.4 Å². The van der Waals surface area contributed by atoms with Crippen LogP contribution in [0.25, 0.3) is 0 Å². The first-order valence-corrected chi connectivity index (χ1v) is 6.73. The van der Waals surface area contributed by atoms with Crippen molar-refractivity contribution < 1.29 is 9.57 Å². The Balaban J connectivity index is 2.35. The topological polar surface area (TPSA) is 54.6 Å². The number of ether oxygens (including phenoxy) is 1. The molecule has 0 aromatic heterocycles. The fraction of sp³-hybridized carbons (Fsp3) is 0.176. The minimum atomic E-state index is 0.291. The second-order valence-corrected chi connectivity index (χ2v) is 4.22. The Morgan fingerprint density at radius 3 is 2.52 bits per heavy atom. The number of oxime groups is 1. The van der Waals surface area contributed by atoms with Gasteiger partial charge in [-0.1, -0.05) is 36.4 Å². The van der Waals surface area contributed by atoms with E-state index in [1.807, 2.05) is 61.5 Å². The van der Waals surface area contributed by atoms with Crippen LogP contribution < -0.4 is 4.74 Å². The van der Waals surface area contributed by atoms with Crippen molar-refractivity contribution >= 4 is 5.90 Å². The highest BCUT2D eigenvalue weighted by Gasteiger charge is 2.12. The van der Waals surface area contributed by atoms with Crippen LogP contribution in [-0.2, 0) is 11.3 Å². The molecular formula is C17H16N2O2. The summed E-state index contributed by atoms with van der Waals surface area (Å²) in [6.45, 7) is 2.30. The highest BCUT2D eigenvalue weighted by molar-refractivity contribution is 5.96. The summed E-state index contributed by atoms with van der Waals surface area (Å²) in [6, 6.07) is 19.0. The molecule has 0 aliphatic rings. The van der Waals surface area contributed by atoms with E-state index in [0.717, 1.165) is 11.1 Å². The molecule has 4 nitrogen and oxygen atoms in total. The molecule has 0 atom stereocenters. The standard InChI is InChI=1S/C17H16N2O2/c1-2-20-19-17(21-15-9-4-3-5-10-15)16-11-7-6-8-14(16)12-13-18/h3-11H,2,12H2,1H3. The Kier molecular flexibility index (Phi) is 5.36. The van der Waals surface area contributed by atoms with E-state index in [-0.39, 0.29) is 0 Å². The molecule has 0 bridgehead atoms. The lowest BCUT2D eigenvalue weighted by Crippen LogP contribution is -2.13. The second kappa shape index (κ2) is 7.71. The van der Waals surface area contributed by atoms with Gasteiger partial charge in [0, 0.05) is 5.56 Å². The Labute approximate surface area is 124 Å². The van der Waals surface area contributed by atoms with Gasteiger partial charge in [-0.3, -0.25) is 0 Å². The minimum Gasteiger partial charge on any atom is -0.436 e. The highest BCUT2D eigenvalue weighted by atomic mass is 16.6. The first kappa shape index (κ1) is 14.6. The van der Waals surface area contributed by atoms with Crippen molar-refractivity contribution in [1.29, 1.82) is 5.26 Å². The number of para-hydroxylation sites is 1. The van der Waals surface area contributed by atoms with Crippen molar-refractivity contribution in [2.45, 2.75) is 13.3 Å². The summed E-state index contributed by atoms with van der Waals surface area (Å²) >= 11 is 0. The van der Waals surface area contributed by atoms with E-state index >= 15 is 0 Å². The van der Waals surface area contributed by atoms with Gasteiger partial charge in [-0.05, 0) is 35.8 Å². The smallest absolute Gasteiger partial charge is 0.263 e. The molecule has 0 N–H and O–H groups in total. The summed E-state index contributed by atoms with van der Waals surface area (Å²) in [5, 5.41) is 13.0. The van der Waals surface area contributed by atoms with Crippen molar-refractivity contribution in [2.75, 3.05) is 6.61 Å². The lowest BCUT2D eigenvalue weighted by molar-refractivity contribution is 0.153. The summed E-state index contributed by atoms with van der Waals surface area (Å²) in [7, 11) is 0. The molecule has 0 spiro atoms. The van der Waals surface area contributed by atoms with Gasteiger partial charge in [0.15, 0.2) is 0 Å². The zero-order valence-corrected chi connectivity index (χ0v) is 11.8. The molecule has 4 heteroatoms. The molecule has 0 unspecified atom stereocenters. The zero-order valence-electron chi connectivity index (χ0n) is 11.8. The number of rotatable bonds is 5. The van der Waals surface area contributed by atoms with Crippen LogP contribution in [0.5, 0.6) is 5.75 Å². The summed E-state index contributed by atoms with van der Waals surface area (Å²) in [5.74, 6) is 1.02. The van der Waals surface area contributed by atoms with E-state index in [2.05, 4.69) is 11.2 Å². The van der Waals surface area contributed by atoms with Crippen molar-refractivity contribution in [3.05, 3.63) is 65.7 Å². The predicted octanol–water partition coefficient (Wildman–Crippen LogP) is 3.53. The zero-order chi connectivity index (χ0) is 14.9. The maximum absolute atomic E-state index is 8.93.